The lowest BCUT2D eigenvalue weighted by Crippen LogP contribution is -2.13. The van der Waals surface area contributed by atoms with Gasteiger partial charge in [0.2, 0.25) is 0 Å². The number of benzene rings is 3. The van der Waals surface area contributed by atoms with Gasteiger partial charge in [-0.05, 0) is 35.9 Å². The molecule has 0 bridgehead atoms. The van der Waals surface area contributed by atoms with Gasteiger partial charge in [0.25, 0.3) is 11.6 Å². The topological polar surface area (TPSA) is 90.7 Å². The summed E-state index contributed by atoms with van der Waals surface area (Å²) < 4.78 is 10.8. The quantitative estimate of drug-likeness (QED) is 0.431. The molecular formula is C21H17ClN2O5. The SMILES string of the molecule is COc1ccc(C(=O)Nc2cc(Cl)c([N+](=O)[O-])cc2OCc2ccccc2)cc1. The highest BCUT2D eigenvalue weighted by Gasteiger charge is 2.20. The van der Waals surface area contributed by atoms with E-state index in [9.17, 15) is 14.9 Å². The molecule has 0 heterocycles. The average molecular weight is 413 g/mol. The van der Waals surface area contributed by atoms with Crippen molar-refractivity contribution in [2.75, 3.05) is 12.4 Å². The molecule has 0 aliphatic rings. The molecular weight excluding hydrogens is 396 g/mol. The first-order valence-corrected chi connectivity index (χ1v) is 8.96. The summed E-state index contributed by atoms with van der Waals surface area (Å²) in [5.41, 5.74) is 1.18. The van der Waals surface area contributed by atoms with E-state index in [1.807, 2.05) is 30.3 Å². The van der Waals surface area contributed by atoms with Crippen molar-refractivity contribution in [2.24, 2.45) is 0 Å². The molecule has 0 saturated carbocycles. The number of methoxy groups -OCH3 is 1. The van der Waals surface area contributed by atoms with Crippen molar-refractivity contribution in [1.82, 2.24) is 0 Å². The lowest BCUT2D eigenvalue weighted by molar-refractivity contribution is -0.384. The molecule has 1 amide bonds. The molecule has 8 heteroatoms. The largest absolute Gasteiger partial charge is 0.497 e. The minimum atomic E-state index is -0.604. The molecule has 3 aromatic carbocycles. The molecule has 0 fully saturated rings. The van der Waals surface area contributed by atoms with E-state index >= 15 is 0 Å². The van der Waals surface area contributed by atoms with E-state index < -0.39 is 10.8 Å². The molecule has 0 atom stereocenters. The van der Waals surface area contributed by atoms with E-state index in [-0.39, 0.29) is 28.8 Å². The summed E-state index contributed by atoms with van der Waals surface area (Å²) in [5.74, 6) is 0.348. The Balaban J connectivity index is 1.87. The van der Waals surface area contributed by atoms with Crippen LogP contribution in [0, 0.1) is 10.1 Å². The number of nitro groups is 1. The first kappa shape index (κ1) is 20.2. The average Bonchev–Trinajstić information content (AvgIpc) is 2.73. The fourth-order valence-corrected chi connectivity index (χ4v) is 2.80. The van der Waals surface area contributed by atoms with E-state index in [1.165, 1.54) is 19.2 Å². The maximum absolute atomic E-state index is 12.6. The second-order valence-corrected chi connectivity index (χ2v) is 6.42. The molecule has 0 aromatic heterocycles. The molecule has 3 aromatic rings. The van der Waals surface area contributed by atoms with Crippen molar-refractivity contribution in [3.63, 3.8) is 0 Å². The summed E-state index contributed by atoms with van der Waals surface area (Å²) in [5, 5.41) is 13.8. The van der Waals surface area contributed by atoms with Crippen LogP contribution in [0.25, 0.3) is 0 Å². The minimum absolute atomic E-state index is 0.105. The van der Waals surface area contributed by atoms with E-state index in [4.69, 9.17) is 21.1 Å². The fourth-order valence-electron chi connectivity index (χ4n) is 2.57. The van der Waals surface area contributed by atoms with Crippen LogP contribution in [0.4, 0.5) is 11.4 Å². The normalized spacial score (nSPS) is 10.3. The molecule has 29 heavy (non-hydrogen) atoms. The Labute approximate surface area is 172 Å². The summed E-state index contributed by atoms with van der Waals surface area (Å²) in [6.07, 6.45) is 0. The Morgan fingerprint density at radius 3 is 2.41 bits per heavy atom. The van der Waals surface area contributed by atoms with Crippen molar-refractivity contribution in [3.05, 3.63) is 93.0 Å². The Morgan fingerprint density at radius 2 is 1.79 bits per heavy atom. The summed E-state index contributed by atoms with van der Waals surface area (Å²) in [6.45, 7) is 0.172. The van der Waals surface area contributed by atoms with Crippen LogP contribution in [-0.4, -0.2) is 17.9 Å². The van der Waals surface area contributed by atoms with Crippen molar-refractivity contribution in [3.8, 4) is 11.5 Å². The van der Waals surface area contributed by atoms with Gasteiger partial charge in [-0.1, -0.05) is 41.9 Å². The Bertz CT molecular complexity index is 1020. The molecule has 7 nitrogen and oxygen atoms in total. The third-order valence-electron chi connectivity index (χ3n) is 4.08. The van der Waals surface area contributed by atoms with Gasteiger partial charge in [-0.2, -0.15) is 0 Å². The number of ether oxygens (including phenoxy) is 2. The zero-order chi connectivity index (χ0) is 20.8. The molecule has 0 radical (unpaired) electrons. The van der Waals surface area contributed by atoms with Gasteiger partial charge in [0, 0.05) is 5.56 Å². The van der Waals surface area contributed by atoms with Crippen LogP contribution < -0.4 is 14.8 Å². The van der Waals surface area contributed by atoms with E-state index in [0.29, 0.717) is 11.3 Å². The van der Waals surface area contributed by atoms with Gasteiger partial charge in [0.1, 0.15) is 23.1 Å². The lowest BCUT2D eigenvalue weighted by atomic mass is 10.2. The Kier molecular flexibility index (Phi) is 6.31. The lowest BCUT2D eigenvalue weighted by Gasteiger charge is -2.14. The molecule has 0 unspecified atom stereocenters. The number of hydrogen-bond acceptors (Lipinski definition) is 5. The van der Waals surface area contributed by atoms with Gasteiger partial charge in [-0.3, -0.25) is 14.9 Å². The first-order valence-electron chi connectivity index (χ1n) is 8.58. The molecule has 0 aliphatic carbocycles. The number of hydrogen-bond donors (Lipinski definition) is 1. The maximum atomic E-state index is 12.6. The van der Waals surface area contributed by atoms with Crippen LogP contribution in [0.1, 0.15) is 15.9 Å². The number of rotatable bonds is 7. The smallest absolute Gasteiger partial charge is 0.291 e. The van der Waals surface area contributed by atoms with Crippen LogP contribution in [0.2, 0.25) is 5.02 Å². The molecule has 148 valence electrons. The van der Waals surface area contributed by atoms with Gasteiger partial charge in [0.05, 0.1) is 23.8 Å². The standard InChI is InChI=1S/C21H17ClN2O5/c1-28-16-9-7-15(8-10-16)21(25)23-18-11-17(22)19(24(26)27)12-20(18)29-13-14-5-3-2-4-6-14/h2-12H,13H2,1H3,(H,23,25). The van der Waals surface area contributed by atoms with Crippen LogP contribution in [-0.2, 0) is 6.61 Å². The molecule has 0 spiro atoms. The zero-order valence-corrected chi connectivity index (χ0v) is 16.2. The minimum Gasteiger partial charge on any atom is -0.497 e. The Hall–Kier alpha value is -3.58. The monoisotopic (exact) mass is 412 g/mol. The third-order valence-corrected chi connectivity index (χ3v) is 4.39. The van der Waals surface area contributed by atoms with Crippen LogP contribution >= 0.6 is 11.6 Å². The summed E-state index contributed by atoms with van der Waals surface area (Å²) in [4.78, 5) is 23.2. The predicted molar refractivity (Wildman–Crippen MR) is 110 cm³/mol. The van der Waals surface area contributed by atoms with Crippen molar-refractivity contribution in [1.29, 1.82) is 0 Å². The number of carbonyl (C=O) groups is 1. The second-order valence-electron chi connectivity index (χ2n) is 6.01. The summed E-state index contributed by atoms with van der Waals surface area (Å²) in [7, 11) is 1.53. The van der Waals surface area contributed by atoms with Gasteiger partial charge >= 0.3 is 0 Å². The number of amides is 1. The van der Waals surface area contributed by atoms with Crippen molar-refractivity contribution < 1.29 is 19.2 Å². The van der Waals surface area contributed by atoms with Crippen LogP contribution in [0.5, 0.6) is 11.5 Å². The van der Waals surface area contributed by atoms with Gasteiger partial charge in [-0.15, -0.1) is 0 Å². The summed E-state index contributed by atoms with van der Waals surface area (Å²) >= 11 is 6.02. The zero-order valence-electron chi connectivity index (χ0n) is 15.4. The third kappa shape index (κ3) is 5.03. The highest BCUT2D eigenvalue weighted by molar-refractivity contribution is 6.33. The van der Waals surface area contributed by atoms with Gasteiger partial charge in [0.15, 0.2) is 0 Å². The first-order chi connectivity index (χ1) is 14.0. The van der Waals surface area contributed by atoms with Crippen molar-refractivity contribution in [2.45, 2.75) is 6.61 Å². The number of nitrogens with one attached hydrogen (secondary N) is 1. The molecule has 0 saturated heterocycles. The summed E-state index contributed by atoms with van der Waals surface area (Å²) in [6, 6.07) is 18.3. The molecule has 3 rings (SSSR count). The highest BCUT2D eigenvalue weighted by Crippen LogP contribution is 2.36. The fraction of sp³-hybridized carbons (Fsp3) is 0.0952. The van der Waals surface area contributed by atoms with E-state index in [0.717, 1.165) is 5.56 Å². The van der Waals surface area contributed by atoms with Gasteiger partial charge in [-0.25, -0.2) is 0 Å². The molecule has 0 aliphatic heterocycles. The Morgan fingerprint density at radius 1 is 1.10 bits per heavy atom. The van der Waals surface area contributed by atoms with Crippen molar-refractivity contribution >= 4 is 28.9 Å². The number of carbonyl (C=O) groups excluding carboxylic acids is 1. The number of halogens is 1. The molecule has 1 N–H and O–H groups in total. The van der Waals surface area contributed by atoms with Crippen LogP contribution in [0.15, 0.2) is 66.7 Å². The second kappa shape index (κ2) is 9.07. The predicted octanol–water partition coefficient (Wildman–Crippen LogP) is 5.09. The van der Waals surface area contributed by atoms with E-state index in [2.05, 4.69) is 5.32 Å². The van der Waals surface area contributed by atoms with E-state index in [1.54, 1.807) is 24.3 Å². The maximum Gasteiger partial charge on any atom is 0.291 e. The highest BCUT2D eigenvalue weighted by atomic mass is 35.5. The number of nitrogens with zero attached hydrogens (tertiary/aromatic N) is 1. The van der Waals surface area contributed by atoms with Crippen LogP contribution in [0.3, 0.4) is 0 Å². The number of anilines is 1. The van der Waals surface area contributed by atoms with Gasteiger partial charge < -0.3 is 14.8 Å². The number of nitro benzene ring substituents is 1.